The molecule has 0 amide bonds. The van der Waals surface area contributed by atoms with Crippen LogP contribution in [-0.4, -0.2) is 34.9 Å². The highest BCUT2D eigenvalue weighted by molar-refractivity contribution is 9.10. The minimum Gasteiger partial charge on any atom is -0.395 e. The Bertz CT molecular complexity index is 1020. The van der Waals surface area contributed by atoms with Gasteiger partial charge in [0.2, 0.25) is 5.95 Å². The Morgan fingerprint density at radius 3 is 2.92 bits per heavy atom. The summed E-state index contributed by atoms with van der Waals surface area (Å²) in [5, 5.41) is 20.4. The molecule has 128 valence electrons. The first kappa shape index (κ1) is 17.6. The summed E-state index contributed by atoms with van der Waals surface area (Å²) in [4.78, 5) is 19.4. The van der Waals surface area contributed by atoms with Crippen molar-refractivity contribution < 1.29 is 5.11 Å². The van der Waals surface area contributed by atoms with Gasteiger partial charge < -0.3 is 10.0 Å². The molecule has 2 heterocycles. The third-order valence-electron chi connectivity index (χ3n) is 3.86. The number of hydrogen-bond acceptors (Lipinski definition) is 6. The van der Waals surface area contributed by atoms with E-state index in [9.17, 15) is 15.2 Å². The molecular weight excluding hydrogens is 404 g/mol. The summed E-state index contributed by atoms with van der Waals surface area (Å²) in [5.41, 5.74) is 1.73. The van der Waals surface area contributed by atoms with Crippen LogP contribution in [0.15, 0.2) is 38.9 Å². The first-order chi connectivity index (χ1) is 12.1. The Hall–Kier alpha value is -2.21. The number of anilines is 1. The molecule has 0 fully saturated rings. The molecule has 6 nitrogen and oxygen atoms in total. The fourth-order valence-corrected chi connectivity index (χ4v) is 4.09. The highest BCUT2D eigenvalue weighted by Gasteiger charge is 2.18. The first-order valence-electron chi connectivity index (χ1n) is 7.54. The average molecular weight is 419 g/mol. The lowest BCUT2D eigenvalue weighted by atomic mass is 10.1. The second-order valence-corrected chi connectivity index (χ2v) is 7.21. The molecule has 3 rings (SSSR count). The molecule has 0 aliphatic heterocycles. The summed E-state index contributed by atoms with van der Waals surface area (Å²) in [6.45, 7) is 0.537. The largest absolute Gasteiger partial charge is 0.395 e. The SMILES string of the molecule is CN(CCO)c1nc2c(Br)csc2c(=O)n1Cc1ccccc1C#N. The molecule has 3 aromatic rings. The maximum absolute atomic E-state index is 13.0. The van der Waals surface area contributed by atoms with Gasteiger partial charge in [0.15, 0.2) is 0 Å². The molecule has 0 saturated heterocycles. The standard InChI is InChI=1S/C17H15BrN4O2S/c1-21(6-7-23)17-20-14-13(18)10-25-15(14)16(24)22(17)9-12-5-3-2-4-11(12)8-19/h2-5,10,23H,6-7,9H2,1H3. The summed E-state index contributed by atoms with van der Waals surface area (Å²) < 4.78 is 2.88. The molecule has 0 bridgehead atoms. The van der Waals surface area contributed by atoms with E-state index in [1.165, 1.54) is 11.3 Å². The van der Waals surface area contributed by atoms with Crippen LogP contribution < -0.4 is 10.5 Å². The maximum Gasteiger partial charge on any atom is 0.273 e. The Labute approximate surface area is 156 Å². The minimum absolute atomic E-state index is 0.0516. The number of nitriles is 1. The van der Waals surface area contributed by atoms with Gasteiger partial charge in [0, 0.05) is 19.0 Å². The van der Waals surface area contributed by atoms with Gasteiger partial charge in [0.05, 0.1) is 29.3 Å². The van der Waals surface area contributed by atoms with Crippen molar-refractivity contribution in [3.63, 3.8) is 0 Å². The zero-order valence-electron chi connectivity index (χ0n) is 13.4. The first-order valence-corrected chi connectivity index (χ1v) is 9.21. The van der Waals surface area contributed by atoms with Crippen molar-refractivity contribution >= 4 is 43.4 Å². The molecule has 0 atom stereocenters. The smallest absolute Gasteiger partial charge is 0.273 e. The van der Waals surface area contributed by atoms with Crippen molar-refractivity contribution in [2.75, 3.05) is 25.1 Å². The van der Waals surface area contributed by atoms with Crippen LogP contribution in [0, 0.1) is 11.3 Å². The van der Waals surface area contributed by atoms with Gasteiger partial charge in [-0.1, -0.05) is 18.2 Å². The number of aliphatic hydroxyl groups excluding tert-OH is 1. The fraction of sp³-hybridized carbons (Fsp3) is 0.235. The predicted octanol–water partition coefficient (Wildman–Crippen LogP) is 2.57. The van der Waals surface area contributed by atoms with E-state index in [2.05, 4.69) is 27.0 Å². The Balaban J connectivity index is 2.21. The lowest BCUT2D eigenvalue weighted by molar-refractivity contribution is 0.303. The molecule has 0 radical (unpaired) electrons. The van der Waals surface area contributed by atoms with Crippen LogP contribution in [0.25, 0.3) is 10.2 Å². The number of hydrogen-bond donors (Lipinski definition) is 1. The number of nitrogens with zero attached hydrogens (tertiary/aromatic N) is 4. The molecule has 2 aromatic heterocycles. The van der Waals surface area contributed by atoms with E-state index in [0.29, 0.717) is 28.3 Å². The third-order valence-corrected chi connectivity index (χ3v) is 5.72. The predicted molar refractivity (Wildman–Crippen MR) is 102 cm³/mol. The van der Waals surface area contributed by atoms with Gasteiger partial charge in [-0.15, -0.1) is 11.3 Å². The molecule has 0 aliphatic rings. The summed E-state index contributed by atoms with van der Waals surface area (Å²) in [7, 11) is 1.77. The molecule has 8 heteroatoms. The lowest BCUT2D eigenvalue weighted by Gasteiger charge is -2.21. The van der Waals surface area contributed by atoms with Gasteiger partial charge in [0.25, 0.3) is 5.56 Å². The van der Waals surface area contributed by atoms with Crippen molar-refractivity contribution in [2.45, 2.75) is 6.54 Å². The Morgan fingerprint density at radius 2 is 2.20 bits per heavy atom. The number of benzene rings is 1. The quantitative estimate of drug-likeness (QED) is 0.688. The van der Waals surface area contributed by atoms with E-state index < -0.39 is 0 Å². The second kappa shape index (κ2) is 7.35. The van der Waals surface area contributed by atoms with Crippen LogP contribution in [0.3, 0.4) is 0 Å². The van der Waals surface area contributed by atoms with Gasteiger partial charge in [0.1, 0.15) is 10.2 Å². The summed E-state index contributed by atoms with van der Waals surface area (Å²) in [6.07, 6.45) is 0. The third kappa shape index (κ3) is 3.31. The van der Waals surface area contributed by atoms with Gasteiger partial charge in [-0.05, 0) is 27.6 Å². The minimum atomic E-state index is -0.159. The van der Waals surface area contributed by atoms with E-state index >= 15 is 0 Å². The van der Waals surface area contributed by atoms with Gasteiger partial charge in [-0.2, -0.15) is 5.26 Å². The number of rotatable bonds is 5. The van der Waals surface area contributed by atoms with Crippen LogP contribution in [0.4, 0.5) is 5.95 Å². The van der Waals surface area contributed by atoms with E-state index in [4.69, 9.17) is 0 Å². The zero-order valence-corrected chi connectivity index (χ0v) is 15.8. The molecule has 0 aliphatic carbocycles. The Morgan fingerprint density at radius 1 is 1.44 bits per heavy atom. The molecule has 0 unspecified atom stereocenters. The van der Waals surface area contributed by atoms with E-state index in [1.54, 1.807) is 28.6 Å². The number of halogens is 1. The van der Waals surface area contributed by atoms with Crippen molar-refractivity contribution in [1.29, 1.82) is 5.26 Å². The Kier molecular flexibility index (Phi) is 5.18. The van der Waals surface area contributed by atoms with Gasteiger partial charge in [-0.3, -0.25) is 9.36 Å². The van der Waals surface area contributed by atoms with Crippen molar-refractivity contribution in [3.8, 4) is 6.07 Å². The van der Waals surface area contributed by atoms with Crippen LogP contribution >= 0.6 is 27.3 Å². The van der Waals surface area contributed by atoms with E-state index in [1.807, 2.05) is 17.5 Å². The van der Waals surface area contributed by atoms with Gasteiger partial charge in [-0.25, -0.2) is 4.98 Å². The summed E-state index contributed by atoms with van der Waals surface area (Å²) in [5.74, 6) is 0.457. The van der Waals surface area contributed by atoms with Crippen LogP contribution in [0.5, 0.6) is 0 Å². The van der Waals surface area contributed by atoms with Crippen molar-refractivity contribution in [2.24, 2.45) is 0 Å². The highest BCUT2D eigenvalue weighted by Crippen LogP contribution is 2.28. The average Bonchev–Trinajstić information content (AvgIpc) is 2.99. The number of aliphatic hydroxyl groups is 1. The molecule has 0 spiro atoms. The van der Waals surface area contributed by atoms with Crippen LogP contribution in [0.1, 0.15) is 11.1 Å². The highest BCUT2D eigenvalue weighted by atomic mass is 79.9. The fourth-order valence-electron chi connectivity index (χ4n) is 2.58. The zero-order chi connectivity index (χ0) is 18.0. The van der Waals surface area contributed by atoms with Crippen LogP contribution in [0.2, 0.25) is 0 Å². The monoisotopic (exact) mass is 418 g/mol. The molecule has 0 saturated carbocycles. The normalized spacial score (nSPS) is 10.8. The van der Waals surface area contributed by atoms with E-state index in [0.717, 1.165) is 10.0 Å². The number of likely N-dealkylation sites (N-methyl/N-ethyl adjacent to an activating group) is 1. The molecule has 25 heavy (non-hydrogen) atoms. The number of thiophene rings is 1. The van der Waals surface area contributed by atoms with Crippen molar-refractivity contribution in [1.82, 2.24) is 9.55 Å². The second-order valence-electron chi connectivity index (χ2n) is 5.48. The molecule has 1 N–H and O–H groups in total. The number of fused-ring (bicyclic) bond motifs is 1. The van der Waals surface area contributed by atoms with E-state index in [-0.39, 0.29) is 18.7 Å². The number of aromatic nitrogens is 2. The summed E-state index contributed by atoms with van der Waals surface area (Å²) >= 11 is 4.76. The maximum atomic E-state index is 13.0. The van der Waals surface area contributed by atoms with Gasteiger partial charge >= 0.3 is 0 Å². The summed E-state index contributed by atoms with van der Waals surface area (Å²) in [6, 6.07) is 9.34. The lowest BCUT2D eigenvalue weighted by Crippen LogP contribution is -2.32. The molecular formula is C17H15BrN4O2S. The van der Waals surface area contributed by atoms with Crippen molar-refractivity contribution in [3.05, 3.63) is 55.6 Å². The van der Waals surface area contributed by atoms with Crippen LogP contribution in [-0.2, 0) is 6.54 Å². The topological polar surface area (TPSA) is 82.2 Å². The molecule has 1 aromatic carbocycles.